The molecule has 1 fully saturated rings. The number of aliphatic hydroxyl groups is 1. The van der Waals surface area contributed by atoms with Gasteiger partial charge in [-0.05, 0) is 25.0 Å². The summed E-state index contributed by atoms with van der Waals surface area (Å²) in [6.07, 6.45) is 0.758. The smallest absolute Gasteiger partial charge is 0.0731 e. The van der Waals surface area contributed by atoms with Crippen molar-refractivity contribution in [3.8, 4) is 0 Å². The third kappa shape index (κ3) is 1.68. The van der Waals surface area contributed by atoms with Crippen molar-refractivity contribution in [1.29, 1.82) is 0 Å². The van der Waals surface area contributed by atoms with Crippen molar-refractivity contribution in [2.45, 2.75) is 19.4 Å². The van der Waals surface area contributed by atoms with Gasteiger partial charge in [-0.15, -0.1) is 0 Å². The first-order valence-electron chi connectivity index (χ1n) is 4.76. The second kappa shape index (κ2) is 3.38. The van der Waals surface area contributed by atoms with Gasteiger partial charge in [0.1, 0.15) is 0 Å². The highest BCUT2D eigenvalue weighted by Gasteiger charge is 2.20. The summed E-state index contributed by atoms with van der Waals surface area (Å²) in [5.41, 5.74) is 2.55. The molecule has 0 saturated carbocycles. The second-order valence-corrected chi connectivity index (χ2v) is 3.68. The van der Waals surface area contributed by atoms with Crippen LogP contribution in [0.15, 0.2) is 24.3 Å². The van der Waals surface area contributed by atoms with E-state index in [0.717, 1.165) is 19.5 Å². The molecule has 2 heteroatoms. The normalized spacial score (nSPS) is 22.3. The predicted octanol–water partition coefficient (Wildman–Crippen LogP) is 1.57. The van der Waals surface area contributed by atoms with Gasteiger partial charge in [-0.1, -0.05) is 18.2 Å². The maximum absolute atomic E-state index is 9.41. The topological polar surface area (TPSA) is 23.5 Å². The van der Waals surface area contributed by atoms with E-state index < -0.39 is 0 Å². The van der Waals surface area contributed by atoms with E-state index in [4.69, 9.17) is 0 Å². The summed E-state index contributed by atoms with van der Waals surface area (Å²) in [5, 5.41) is 9.41. The summed E-state index contributed by atoms with van der Waals surface area (Å²) >= 11 is 0. The minimum absolute atomic E-state index is 0.139. The maximum atomic E-state index is 9.41. The fraction of sp³-hybridized carbons (Fsp3) is 0.455. The summed E-state index contributed by atoms with van der Waals surface area (Å²) in [7, 11) is 0. The largest absolute Gasteiger partial charge is 0.391 e. The Morgan fingerprint density at radius 1 is 1.38 bits per heavy atom. The first kappa shape index (κ1) is 8.57. The molecule has 1 heterocycles. The van der Waals surface area contributed by atoms with E-state index >= 15 is 0 Å². The number of hydrogen-bond acceptors (Lipinski definition) is 2. The van der Waals surface area contributed by atoms with Gasteiger partial charge in [0.25, 0.3) is 0 Å². The molecule has 0 amide bonds. The predicted molar refractivity (Wildman–Crippen MR) is 54.0 cm³/mol. The number of nitrogens with zero attached hydrogens (tertiary/aromatic N) is 1. The number of anilines is 1. The molecule has 2 rings (SSSR count). The van der Waals surface area contributed by atoms with Crippen LogP contribution in [0.25, 0.3) is 0 Å². The summed E-state index contributed by atoms with van der Waals surface area (Å²) in [6, 6.07) is 8.33. The summed E-state index contributed by atoms with van der Waals surface area (Å²) in [5.74, 6) is 0. The van der Waals surface area contributed by atoms with Crippen molar-refractivity contribution in [3.05, 3.63) is 29.8 Å². The molecule has 0 bridgehead atoms. The van der Waals surface area contributed by atoms with Crippen molar-refractivity contribution in [1.82, 2.24) is 0 Å². The van der Waals surface area contributed by atoms with Gasteiger partial charge in [-0.25, -0.2) is 0 Å². The molecular weight excluding hydrogens is 162 g/mol. The molecule has 1 aliphatic heterocycles. The van der Waals surface area contributed by atoms with Gasteiger partial charge in [-0.2, -0.15) is 0 Å². The van der Waals surface area contributed by atoms with Crippen LogP contribution < -0.4 is 4.90 Å². The Hall–Kier alpha value is -1.02. The molecule has 0 aromatic heterocycles. The molecule has 1 unspecified atom stereocenters. The zero-order chi connectivity index (χ0) is 9.26. The third-order valence-corrected chi connectivity index (χ3v) is 2.62. The van der Waals surface area contributed by atoms with E-state index in [-0.39, 0.29) is 6.10 Å². The van der Waals surface area contributed by atoms with Crippen LogP contribution in [0.3, 0.4) is 0 Å². The first-order valence-corrected chi connectivity index (χ1v) is 4.76. The van der Waals surface area contributed by atoms with Crippen LogP contribution in [-0.2, 0) is 0 Å². The number of aliphatic hydroxyl groups excluding tert-OH is 1. The number of benzene rings is 1. The Kier molecular flexibility index (Phi) is 2.23. The molecular formula is C11H15NO. The van der Waals surface area contributed by atoms with Crippen LogP contribution in [0, 0.1) is 6.92 Å². The molecule has 1 aliphatic rings. The van der Waals surface area contributed by atoms with Crippen molar-refractivity contribution in [3.63, 3.8) is 0 Å². The van der Waals surface area contributed by atoms with E-state index in [0.29, 0.717) is 0 Å². The molecule has 2 nitrogen and oxygen atoms in total. The third-order valence-electron chi connectivity index (χ3n) is 2.62. The molecule has 13 heavy (non-hydrogen) atoms. The molecule has 70 valence electrons. The molecule has 0 spiro atoms. The lowest BCUT2D eigenvalue weighted by molar-refractivity contribution is 0.198. The van der Waals surface area contributed by atoms with Gasteiger partial charge in [-0.3, -0.25) is 0 Å². The SMILES string of the molecule is Cc1ccccc1N1CCC(O)C1. The Morgan fingerprint density at radius 3 is 2.77 bits per heavy atom. The number of para-hydroxylation sites is 1. The highest BCUT2D eigenvalue weighted by Crippen LogP contribution is 2.23. The molecule has 1 saturated heterocycles. The standard InChI is InChI=1S/C11H15NO/c1-9-4-2-3-5-11(9)12-7-6-10(13)8-12/h2-5,10,13H,6-8H2,1H3. The average Bonchev–Trinajstić information content (AvgIpc) is 2.53. The minimum Gasteiger partial charge on any atom is -0.391 e. The Bertz CT molecular complexity index is 298. The summed E-state index contributed by atoms with van der Waals surface area (Å²) in [4.78, 5) is 2.25. The Morgan fingerprint density at radius 2 is 2.15 bits per heavy atom. The van der Waals surface area contributed by atoms with E-state index in [1.165, 1.54) is 11.3 Å². The van der Waals surface area contributed by atoms with Crippen molar-refractivity contribution in [2.75, 3.05) is 18.0 Å². The lowest BCUT2D eigenvalue weighted by Crippen LogP contribution is -2.21. The van der Waals surface area contributed by atoms with Crippen LogP contribution >= 0.6 is 0 Å². The molecule has 1 aromatic rings. The van der Waals surface area contributed by atoms with E-state index in [1.807, 2.05) is 12.1 Å². The minimum atomic E-state index is -0.139. The lowest BCUT2D eigenvalue weighted by atomic mass is 10.2. The van der Waals surface area contributed by atoms with Gasteiger partial charge in [0.05, 0.1) is 6.10 Å². The van der Waals surface area contributed by atoms with Crippen LogP contribution in [0.2, 0.25) is 0 Å². The summed E-state index contributed by atoms with van der Waals surface area (Å²) < 4.78 is 0. The maximum Gasteiger partial charge on any atom is 0.0731 e. The zero-order valence-electron chi connectivity index (χ0n) is 7.90. The van der Waals surface area contributed by atoms with Crippen molar-refractivity contribution < 1.29 is 5.11 Å². The summed E-state index contributed by atoms with van der Waals surface area (Å²) in [6.45, 7) is 3.87. The number of β-amino-alcohol motifs (C(OH)–C–C–N with tert-alkyl or cyclic N) is 1. The molecule has 0 radical (unpaired) electrons. The monoisotopic (exact) mass is 177 g/mol. The fourth-order valence-corrected chi connectivity index (χ4v) is 1.88. The van der Waals surface area contributed by atoms with E-state index in [2.05, 4.69) is 24.0 Å². The van der Waals surface area contributed by atoms with Gasteiger partial charge in [0.2, 0.25) is 0 Å². The second-order valence-electron chi connectivity index (χ2n) is 3.68. The average molecular weight is 177 g/mol. The van der Waals surface area contributed by atoms with Crippen LogP contribution in [-0.4, -0.2) is 24.3 Å². The Labute approximate surface area is 78.8 Å². The number of rotatable bonds is 1. The number of hydrogen-bond donors (Lipinski definition) is 1. The van der Waals surface area contributed by atoms with Crippen LogP contribution in [0.4, 0.5) is 5.69 Å². The van der Waals surface area contributed by atoms with E-state index in [1.54, 1.807) is 0 Å². The zero-order valence-corrected chi connectivity index (χ0v) is 7.90. The quantitative estimate of drug-likeness (QED) is 0.703. The lowest BCUT2D eigenvalue weighted by Gasteiger charge is -2.19. The highest BCUT2D eigenvalue weighted by molar-refractivity contribution is 5.53. The van der Waals surface area contributed by atoms with Crippen molar-refractivity contribution in [2.24, 2.45) is 0 Å². The van der Waals surface area contributed by atoms with Gasteiger partial charge in [0, 0.05) is 18.8 Å². The fourth-order valence-electron chi connectivity index (χ4n) is 1.88. The Balaban J connectivity index is 2.21. The van der Waals surface area contributed by atoms with E-state index in [9.17, 15) is 5.11 Å². The van der Waals surface area contributed by atoms with Gasteiger partial charge >= 0.3 is 0 Å². The molecule has 0 aliphatic carbocycles. The van der Waals surface area contributed by atoms with Crippen LogP contribution in [0.1, 0.15) is 12.0 Å². The highest BCUT2D eigenvalue weighted by atomic mass is 16.3. The van der Waals surface area contributed by atoms with Gasteiger partial charge < -0.3 is 10.0 Å². The molecule has 1 N–H and O–H groups in total. The van der Waals surface area contributed by atoms with Gasteiger partial charge in [0.15, 0.2) is 0 Å². The van der Waals surface area contributed by atoms with Crippen LogP contribution in [0.5, 0.6) is 0 Å². The molecule has 1 aromatic carbocycles. The van der Waals surface area contributed by atoms with Crippen molar-refractivity contribution >= 4 is 5.69 Å². The number of aryl methyl sites for hydroxylation is 1. The molecule has 1 atom stereocenters. The first-order chi connectivity index (χ1) is 6.27.